The first-order valence-corrected chi connectivity index (χ1v) is 11.2. The third-order valence-electron chi connectivity index (χ3n) is 5.33. The lowest BCUT2D eigenvalue weighted by atomic mass is 10.1. The SMILES string of the molecule is CCCCCC(=O)CCCCc1nc2cc(C)ccc2c(=O)n1-c1cccc(Cl)c1. The normalized spacial score (nSPS) is 11.2. The van der Waals surface area contributed by atoms with E-state index < -0.39 is 0 Å². The van der Waals surface area contributed by atoms with E-state index in [1.54, 1.807) is 16.7 Å². The van der Waals surface area contributed by atoms with Gasteiger partial charge in [-0.3, -0.25) is 14.2 Å². The molecule has 3 aromatic rings. The molecule has 1 aromatic heterocycles. The molecule has 30 heavy (non-hydrogen) atoms. The molecule has 0 spiro atoms. The van der Waals surface area contributed by atoms with Crippen molar-refractivity contribution in [3.8, 4) is 5.69 Å². The third kappa shape index (κ3) is 5.57. The van der Waals surface area contributed by atoms with Crippen molar-refractivity contribution in [2.75, 3.05) is 0 Å². The minimum atomic E-state index is -0.0899. The highest BCUT2D eigenvalue weighted by Gasteiger charge is 2.13. The summed E-state index contributed by atoms with van der Waals surface area (Å²) >= 11 is 6.18. The van der Waals surface area contributed by atoms with Gasteiger partial charge in [0.1, 0.15) is 11.6 Å². The van der Waals surface area contributed by atoms with Crippen molar-refractivity contribution in [1.82, 2.24) is 9.55 Å². The van der Waals surface area contributed by atoms with Gasteiger partial charge in [-0.05, 0) is 62.1 Å². The highest BCUT2D eigenvalue weighted by Crippen LogP contribution is 2.19. The highest BCUT2D eigenvalue weighted by molar-refractivity contribution is 6.30. The van der Waals surface area contributed by atoms with Crippen LogP contribution in [0.15, 0.2) is 47.3 Å². The molecule has 0 atom stereocenters. The maximum Gasteiger partial charge on any atom is 0.265 e. The fraction of sp³-hybridized carbons (Fsp3) is 0.400. The smallest absolute Gasteiger partial charge is 0.265 e. The molecular weight excluding hydrogens is 396 g/mol. The van der Waals surface area contributed by atoms with Crippen LogP contribution >= 0.6 is 11.6 Å². The largest absolute Gasteiger partial charge is 0.300 e. The van der Waals surface area contributed by atoms with Gasteiger partial charge in [0.05, 0.1) is 16.6 Å². The number of halogens is 1. The Morgan fingerprint density at radius 3 is 2.53 bits per heavy atom. The predicted octanol–water partition coefficient (Wildman–Crippen LogP) is 6.21. The molecule has 0 unspecified atom stereocenters. The first-order valence-electron chi connectivity index (χ1n) is 10.8. The van der Waals surface area contributed by atoms with Crippen molar-refractivity contribution >= 4 is 28.3 Å². The molecule has 0 fully saturated rings. The fourth-order valence-electron chi connectivity index (χ4n) is 3.69. The van der Waals surface area contributed by atoms with E-state index in [0.29, 0.717) is 52.5 Å². The molecule has 0 N–H and O–H groups in total. The van der Waals surface area contributed by atoms with E-state index in [1.807, 2.05) is 37.3 Å². The molecule has 0 saturated carbocycles. The second kappa shape index (κ2) is 10.5. The van der Waals surface area contributed by atoms with Gasteiger partial charge in [-0.1, -0.05) is 43.5 Å². The van der Waals surface area contributed by atoms with Crippen molar-refractivity contribution in [3.05, 3.63) is 69.2 Å². The number of ketones is 1. The van der Waals surface area contributed by atoms with Crippen LogP contribution in [-0.2, 0) is 11.2 Å². The lowest BCUT2D eigenvalue weighted by molar-refractivity contribution is -0.119. The number of carbonyl (C=O) groups is 1. The van der Waals surface area contributed by atoms with E-state index in [4.69, 9.17) is 16.6 Å². The molecule has 0 amide bonds. The zero-order chi connectivity index (χ0) is 21.5. The van der Waals surface area contributed by atoms with E-state index in [0.717, 1.165) is 37.7 Å². The summed E-state index contributed by atoms with van der Waals surface area (Å²) in [5.74, 6) is 1.04. The summed E-state index contributed by atoms with van der Waals surface area (Å²) in [6.45, 7) is 4.13. The van der Waals surface area contributed by atoms with E-state index in [9.17, 15) is 9.59 Å². The number of aryl methyl sites for hydroxylation is 2. The standard InChI is InChI=1S/C25H29ClN2O2/c1-3-4-5-11-21(29)12-6-7-13-24-27-23-16-18(2)14-15-22(23)25(30)28(24)20-10-8-9-19(26)17-20/h8-10,14-17H,3-7,11-13H2,1-2H3. The maximum absolute atomic E-state index is 13.3. The first-order chi connectivity index (χ1) is 14.5. The number of rotatable bonds is 10. The van der Waals surface area contributed by atoms with Crippen LogP contribution in [0.5, 0.6) is 0 Å². The molecule has 2 aromatic carbocycles. The number of unbranched alkanes of at least 4 members (excludes halogenated alkanes) is 3. The van der Waals surface area contributed by atoms with E-state index in [-0.39, 0.29) is 5.56 Å². The number of Topliss-reactive ketones (excluding diaryl/α,β-unsaturated/α-hetero) is 1. The molecule has 158 valence electrons. The van der Waals surface area contributed by atoms with Crippen LogP contribution in [0.1, 0.15) is 63.3 Å². The second-order valence-electron chi connectivity index (χ2n) is 7.87. The Morgan fingerprint density at radius 2 is 1.80 bits per heavy atom. The summed E-state index contributed by atoms with van der Waals surface area (Å²) in [4.78, 5) is 30.1. The highest BCUT2D eigenvalue weighted by atomic mass is 35.5. The molecule has 0 radical (unpaired) electrons. The molecule has 0 aliphatic carbocycles. The van der Waals surface area contributed by atoms with E-state index in [1.165, 1.54) is 0 Å². The van der Waals surface area contributed by atoms with Crippen LogP contribution < -0.4 is 5.56 Å². The number of benzene rings is 2. The van der Waals surface area contributed by atoms with Gasteiger partial charge in [0.2, 0.25) is 0 Å². The van der Waals surface area contributed by atoms with Crippen LogP contribution in [-0.4, -0.2) is 15.3 Å². The minimum Gasteiger partial charge on any atom is -0.300 e. The maximum atomic E-state index is 13.3. The van der Waals surface area contributed by atoms with E-state index in [2.05, 4.69) is 6.92 Å². The van der Waals surface area contributed by atoms with Gasteiger partial charge in [-0.2, -0.15) is 0 Å². The van der Waals surface area contributed by atoms with Gasteiger partial charge < -0.3 is 0 Å². The summed E-state index contributed by atoms with van der Waals surface area (Å²) in [7, 11) is 0. The Kier molecular flexibility index (Phi) is 7.81. The number of hydrogen-bond acceptors (Lipinski definition) is 3. The number of aromatic nitrogens is 2. The Hall–Kier alpha value is -2.46. The van der Waals surface area contributed by atoms with Gasteiger partial charge in [-0.15, -0.1) is 0 Å². The molecular formula is C25H29ClN2O2. The Balaban J connectivity index is 1.84. The van der Waals surface area contributed by atoms with Crippen molar-refractivity contribution in [1.29, 1.82) is 0 Å². The quantitative estimate of drug-likeness (QED) is 0.363. The summed E-state index contributed by atoms with van der Waals surface area (Å²) in [6, 6.07) is 13.0. The molecule has 5 heteroatoms. The van der Waals surface area contributed by atoms with Crippen LogP contribution in [0, 0.1) is 6.92 Å². The molecule has 0 aliphatic heterocycles. The summed E-state index contributed by atoms with van der Waals surface area (Å²) < 4.78 is 1.66. The van der Waals surface area contributed by atoms with Crippen LogP contribution in [0.25, 0.3) is 16.6 Å². The zero-order valence-electron chi connectivity index (χ0n) is 17.8. The van der Waals surface area contributed by atoms with Gasteiger partial charge in [0.15, 0.2) is 0 Å². The van der Waals surface area contributed by atoms with Gasteiger partial charge >= 0.3 is 0 Å². The molecule has 0 aliphatic rings. The summed E-state index contributed by atoms with van der Waals surface area (Å²) in [6.07, 6.45) is 6.74. The minimum absolute atomic E-state index is 0.0899. The first kappa shape index (κ1) is 22.2. The molecule has 3 rings (SSSR count). The average Bonchev–Trinajstić information content (AvgIpc) is 2.71. The van der Waals surface area contributed by atoms with Crippen LogP contribution in [0.4, 0.5) is 0 Å². The number of nitrogens with zero attached hydrogens (tertiary/aromatic N) is 2. The lowest BCUT2D eigenvalue weighted by Crippen LogP contribution is -2.24. The van der Waals surface area contributed by atoms with E-state index >= 15 is 0 Å². The number of hydrogen-bond donors (Lipinski definition) is 0. The van der Waals surface area contributed by atoms with Crippen molar-refractivity contribution in [2.45, 2.75) is 65.2 Å². The Bertz CT molecular complexity index is 1090. The van der Waals surface area contributed by atoms with Gasteiger partial charge in [-0.25, -0.2) is 4.98 Å². The predicted molar refractivity (Wildman–Crippen MR) is 124 cm³/mol. The topological polar surface area (TPSA) is 52.0 Å². The Labute approximate surface area is 182 Å². The Morgan fingerprint density at radius 1 is 1.03 bits per heavy atom. The third-order valence-corrected chi connectivity index (χ3v) is 5.56. The van der Waals surface area contributed by atoms with Crippen molar-refractivity contribution in [2.24, 2.45) is 0 Å². The van der Waals surface area contributed by atoms with Crippen molar-refractivity contribution in [3.63, 3.8) is 0 Å². The molecule has 1 heterocycles. The lowest BCUT2D eigenvalue weighted by Gasteiger charge is -2.14. The summed E-state index contributed by atoms with van der Waals surface area (Å²) in [5, 5.41) is 1.17. The number of carbonyl (C=O) groups excluding carboxylic acids is 1. The number of fused-ring (bicyclic) bond motifs is 1. The van der Waals surface area contributed by atoms with Gasteiger partial charge in [0, 0.05) is 24.3 Å². The van der Waals surface area contributed by atoms with Crippen LogP contribution in [0.2, 0.25) is 5.02 Å². The molecule has 4 nitrogen and oxygen atoms in total. The van der Waals surface area contributed by atoms with Crippen LogP contribution in [0.3, 0.4) is 0 Å². The summed E-state index contributed by atoms with van der Waals surface area (Å²) in [5.41, 5.74) is 2.41. The monoisotopic (exact) mass is 424 g/mol. The molecule has 0 bridgehead atoms. The second-order valence-corrected chi connectivity index (χ2v) is 8.31. The molecule has 0 saturated heterocycles. The fourth-order valence-corrected chi connectivity index (χ4v) is 3.88. The van der Waals surface area contributed by atoms with Gasteiger partial charge in [0.25, 0.3) is 5.56 Å². The average molecular weight is 425 g/mol. The van der Waals surface area contributed by atoms with Crippen molar-refractivity contribution < 1.29 is 4.79 Å². The zero-order valence-corrected chi connectivity index (χ0v) is 18.5.